The van der Waals surface area contributed by atoms with Crippen LogP contribution in [-0.2, 0) is 29.7 Å². The Labute approximate surface area is 248 Å². The van der Waals surface area contributed by atoms with Gasteiger partial charge in [-0.3, -0.25) is 4.79 Å². The second kappa shape index (κ2) is 12.2. The summed E-state index contributed by atoms with van der Waals surface area (Å²) in [7, 11) is 0. The quantitative estimate of drug-likeness (QED) is 0.178. The molecule has 0 bridgehead atoms. The number of alkyl halides is 9. The van der Waals surface area contributed by atoms with Gasteiger partial charge in [0.2, 0.25) is 0 Å². The molecule has 0 heterocycles. The van der Waals surface area contributed by atoms with E-state index in [1.807, 2.05) is 0 Å². The van der Waals surface area contributed by atoms with E-state index < -0.39 is 64.5 Å². The minimum absolute atomic E-state index is 0.00882. The van der Waals surface area contributed by atoms with Crippen LogP contribution in [0.4, 0.5) is 39.5 Å². The van der Waals surface area contributed by atoms with Crippen molar-refractivity contribution in [1.29, 1.82) is 0 Å². The number of phenolic OH excluding ortho intramolecular Hbond substituents is 1. The van der Waals surface area contributed by atoms with Gasteiger partial charge in [-0.2, -0.15) is 39.5 Å². The average Bonchev–Trinajstić information content (AvgIpc) is 2.96. The number of carbonyl (C=O) groups excluding carboxylic acids is 1. The third kappa shape index (κ3) is 7.94. The Balaban J connectivity index is 1.56. The molecule has 0 saturated carbocycles. The number of aromatic hydroxyl groups is 1. The molecule has 0 saturated heterocycles. The van der Waals surface area contributed by atoms with E-state index in [4.69, 9.17) is 0 Å². The summed E-state index contributed by atoms with van der Waals surface area (Å²) in [6, 6.07) is 11.9. The molecule has 5 nitrogen and oxygen atoms in total. The molecule has 0 aliphatic heterocycles. The number of hydrogen-bond acceptors (Lipinski definition) is 3. The number of carboxylic acid groups (broad SMARTS) is 1. The summed E-state index contributed by atoms with van der Waals surface area (Å²) in [6.45, 7) is 0. The topological polar surface area (TPSA) is 86.6 Å². The summed E-state index contributed by atoms with van der Waals surface area (Å²) in [4.78, 5) is 24.9. The van der Waals surface area contributed by atoms with Crippen LogP contribution >= 0.6 is 0 Å². The molecule has 4 aromatic carbocycles. The van der Waals surface area contributed by atoms with Crippen molar-refractivity contribution < 1.29 is 59.3 Å². The van der Waals surface area contributed by atoms with Crippen molar-refractivity contribution in [3.63, 3.8) is 0 Å². The van der Waals surface area contributed by atoms with Crippen molar-refractivity contribution >= 4 is 11.9 Å². The van der Waals surface area contributed by atoms with Gasteiger partial charge in [-0.15, -0.1) is 0 Å². The molecule has 0 fully saturated rings. The number of benzene rings is 4. The van der Waals surface area contributed by atoms with E-state index in [1.54, 1.807) is 0 Å². The van der Waals surface area contributed by atoms with Crippen LogP contribution in [0.2, 0.25) is 0 Å². The summed E-state index contributed by atoms with van der Waals surface area (Å²) in [5.41, 5.74) is -4.40. The van der Waals surface area contributed by atoms with E-state index in [9.17, 15) is 59.3 Å². The maximum absolute atomic E-state index is 13.2. The molecule has 0 unspecified atom stereocenters. The lowest BCUT2D eigenvalue weighted by molar-refractivity contribution is -0.143. The first-order chi connectivity index (χ1) is 20.8. The lowest BCUT2D eigenvalue weighted by Crippen LogP contribution is -2.42. The highest BCUT2D eigenvalue weighted by Crippen LogP contribution is 2.39. The Hall–Kier alpha value is -5.01. The van der Waals surface area contributed by atoms with Gasteiger partial charge in [0.15, 0.2) is 0 Å². The van der Waals surface area contributed by atoms with E-state index in [-0.39, 0.29) is 40.3 Å². The highest BCUT2D eigenvalue weighted by Gasteiger charge is 2.37. The van der Waals surface area contributed by atoms with Gasteiger partial charge in [0.25, 0.3) is 5.91 Å². The molecule has 3 N–H and O–H groups in total. The lowest BCUT2D eigenvalue weighted by atomic mass is 9.97. The molecule has 1 amide bonds. The summed E-state index contributed by atoms with van der Waals surface area (Å²) < 4.78 is 119. The van der Waals surface area contributed by atoms with Crippen molar-refractivity contribution in [2.45, 2.75) is 31.0 Å². The standard InChI is InChI=1S/C31H20F9NO4/c32-29(33,34)21-3-1-2-18(11-21)19-8-9-26(42)24(14-19)27(43)41-25(28(44)45)10-16-4-6-17(7-5-16)20-12-22(30(35,36)37)15-23(13-20)31(38,39)40/h1-9,11-15,25,42H,10H2,(H,41,43)(H,44,45)/t25-/m0/s1. The molecule has 0 radical (unpaired) electrons. The van der Waals surface area contributed by atoms with Crippen molar-refractivity contribution in [2.75, 3.05) is 0 Å². The first-order valence-corrected chi connectivity index (χ1v) is 12.8. The smallest absolute Gasteiger partial charge is 0.416 e. The normalized spacial score (nSPS) is 12.9. The summed E-state index contributed by atoms with van der Waals surface area (Å²) in [5.74, 6) is -3.18. The molecular weight excluding hydrogens is 621 g/mol. The number of rotatable bonds is 7. The van der Waals surface area contributed by atoms with Gasteiger partial charge in [0, 0.05) is 6.42 Å². The molecule has 0 spiro atoms. The number of carbonyl (C=O) groups is 2. The molecule has 236 valence electrons. The van der Waals surface area contributed by atoms with Gasteiger partial charge in [0.1, 0.15) is 11.8 Å². The second-order valence-electron chi connectivity index (χ2n) is 9.87. The van der Waals surface area contributed by atoms with E-state index in [0.717, 1.165) is 30.3 Å². The third-order valence-electron chi connectivity index (χ3n) is 6.68. The largest absolute Gasteiger partial charge is 0.507 e. The van der Waals surface area contributed by atoms with Gasteiger partial charge < -0.3 is 15.5 Å². The summed E-state index contributed by atoms with van der Waals surface area (Å²) in [5, 5.41) is 22.1. The fraction of sp³-hybridized carbons (Fsp3) is 0.161. The van der Waals surface area contributed by atoms with Gasteiger partial charge in [-0.25, -0.2) is 4.79 Å². The molecule has 0 aromatic heterocycles. The van der Waals surface area contributed by atoms with Gasteiger partial charge in [0.05, 0.1) is 22.3 Å². The first kappa shape index (κ1) is 32.9. The van der Waals surface area contributed by atoms with E-state index in [1.165, 1.54) is 36.4 Å². The van der Waals surface area contributed by atoms with Crippen LogP contribution in [0.1, 0.15) is 32.6 Å². The highest BCUT2D eigenvalue weighted by atomic mass is 19.4. The molecule has 14 heteroatoms. The molecule has 4 aromatic rings. The lowest BCUT2D eigenvalue weighted by Gasteiger charge is -2.17. The fourth-order valence-corrected chi connectivity index (χ4v) is 4.40. The molecule has 0 aliphatic rings. The minimum atomic E-state index is -5.05. The van der Waals surface area contributed by atoms with E-state index in [2.05, 4.69) is 5.32 Å². The SMILES string of the molecule is O=C(N[C@@H](Cc1ccc(-c2cc(C(F)(F)F)cc(C(F)(F)F)c2)cc1)C(=O)O)c1cc(-c2cccc(C(F)(F)F)c2)ccc1O. The van der Waals surface area contributed by atoms with Crippen LogP contribution in [0.5, 0.6) is 5.75 Å². The first-order valence-electron chi connectivity index (χ1n) is 12.8. The number of nitrogens with one attached hydrogen (secondary N) is 1. The zero-order chi connectivity index (χ0) is 33.3. The van der Waals surface area contributed by atoms with Crippen LogP contribution < -0.4 is 5.32 Å². The molecular formula is C31H20F9NO4. The fourth-order valence-electron chi connectivity index (χ4n) is 4.40. The van der Waals surface area contributed by atoms with E-state index in [0.29, 0.717) is 12.1 Å². The number of carboxylic acids is 1. The van der Waals surface area contributed by atoms with Crippen LogP contribution in [0, 0.1) is 0 Å². The van der Waals surface area contributed by atoms with Gasteiger partial charge in [-0.1, -0.05) is 42.5 Å². The molecule has 0 aliphatic carbocycles. The Morgan fingerprint density at radius 1 is 0.622 bits per heavy atom. The van der Waals surface area contributed by atoms with Crippen LogP contribution in [0.15, 0.2) is 84.9 Å². The van der Waals surface area contributed by atoms with Crippen LogP contribution in [0.25, 0.3) is 22.3 Å². The molecule has 1 atom stereocenters. The van der Waals surface area contributed by atoms with Crippen LogP contribution in [-0.4, -0.2) is 28.1 Å². The number of halogens is 9. The van der Waals surface area contributed by atoms with Crippen molar-refractivity contribution in [3.05, 3.63) is 113 Å². The minimum Gasteiger partial charge on any atom is -0.507 e. The Bertz CT molecular complexity index is 1700. The predicted molar refractivity (Wildman–Crippen MR) is 143 cm³/mol. The zero-order valence-corrected chi connectivity index (χ0v) is 22.5. The van der Waals surface area contributed by atoms with Crippen molar-refractivity contribution in [3.8, 4) is 28.0 Å². The van der Waals surface area contributed by atoms with Crippen LogP contribution in [0.3, 0.4) is 0 Å². The monoisotopic (exact) mass is 641 g/mol. The highest BCUT2D eigenvalue weighted by molar-refractivity contribution is 6.00. The summed E-state index contributed by atoms with van der Waals surface area (Å²) in [6.07, 6.45) is -15.1. The summed E-state index contributed by atoms with van der Waals surface area (Å²) >= 11 is 0. The predicted octanol–water partition coefficient (Wildman–Crippen LogP) is 8.21. The number of phenols is 1. The number of hydrogen-bond donors (Lipinski definition) is 3. The Morgan fingerprint density at radius 2 is 1.13 bits per heavy atom. The van der Waals surface area contributed by atoms with E-state index >= 15 is 0 Å². The zero-order valence-electron chi connectivity index (χ0n) is 22.5. The third-order valence-corrected chi connectivity index (χ3v) is 6.68. The number of amides is 1. The Morgan fingerprint density at radius 3 is 1.67 bits per heavy atom. The van der Waals surface area contributed by atoms with Gasteiger partial charge in [-0.05, 0) is 70.3 Å². The molecule has 45 heavy (non-hydrogen) atoms. The van der Waals surface area contributed by atoms with Crippen molar-refractivity contribution in [2.24, 2.45) is 0 Å². The van der Waals surface area contributed by atoms with Gasteiger partial charge >= 0.3 is 24.5 Å². The maximum atomic E-state index is 13.2. The maximum Gasteiger partial charge on any atom is 0.416 e. The average molecular weight is 641 g/mol. The number of aliphatic carboxylic acids is 1. The second-order valence-corrected chi connectivity index (χ2v) is 9.87. The van der Waals surface area contributed by atoms with Crippen molar-refractivity contribution in [1.82, 2.24) is 5.32 Å². The Kier molecular flexibility index (Phi) is 8.90. The molecule has 4 rings (SSSR count).